The van der Waals surface area contributed by atoms with Crippen LogP contribution in [0, 0.1) is 36.3 Å². The molecule has 1 saturated heterocycles. The molecule has 0 bridgehead atoms. The summed E-state index contributed by atoms with van der Waals surface area (Å²) in [6.07, 6.45) is 8.28. The Morgan fingerprint density at radius 1 is 0.977 bits per heavy atom. The molecule has 248 valence electrons. The molecule has 1 aliphatic carbocycles. The number of hydrogen-bond acceptors (Lipinski definition) is 4. The molecular formula is C37H63F2NO3. The lowest BCUT2D eigenvalue weighted by molar-refractivity contribution is -0.0726. The highest BCUT2D eigenvalue weighted by molar-refractivity contribution is 5.55. The Kier molecular flexibility index (Phi) is 24.0. The number of hydrogen-bond donors (Lipinski definition) is 3. The summed E-state index contributed by atoms with van der Waals surface area (Å²) in [7, 11) is 0. The zero-order valence-corrected chi connectivity index (χ0v) is 29.1. The lowest BCUT2D eigenvalue weighted by atomic mass is 9.77. The highest BCUT2D eigenvalue weighted by Gasteiger charge is 2.33. The van der Waals surface area contributed by atoms with Crippen LogP contribution in [0.15, 0.2) is 59.9 Å². The van der Waals surface area contributed by atoms with Gasteiger partial charge in [-0.3, -0.25) is 0 Å². The maximum atomic E-state index is 13.3. The average Bonchev–Trinajstić information content (AvgIpc) is 3.45. The van der Waals surface area contributed by atoms with Gasteiger partial charge in [-0.15, -0.1) is 0 Å². The van der Waals surface area contributed by atoms with Crippen molar-refractivity contribution in [1.82, 2.24) is 0 Å². The van der Waals surface area contributed by atoms with Gasteiger partial charge in [0.15, 0.2) is 0 Å². The Hall–Kier alpha value is -2.28. The Balaban J connectivity index is 0. The Bertz CT molecular complexity index is 967. The van der Waals surface area contributed by atoms with Crippen LogP contribution in [0.3, 0.4) is 0 Å². The Morgan fingerprint density at radius 3 is 1.98 bits per heavy atom. The maximum Gasteiger partial charge on any atom is 0.149 e. The van der Waals surface area contributed by atoms with Gasteiger partial charge in [0.1, 0.15) is 11.6 Å². The quantitative estimate of drug-likeness (QED) is 0.282. The molecule has 4 nitrogen and oxygen atoms in total. The number of aliphatic hydroxyl groups is 2. The molecule has 0 amide bonds. The molecule has 0 spiro atoms. The molecule has 43 heavy (non-hydrogen) atoms. The average molecular weight is 608 g/mol. The largest absolute Gasteiger partial charge is 0.390 e. The van der Waals surface area contributed by atoms with E-state index in [0.717, 1.165) is 50.0 Å². The molecule has 3 N–H and O–H groups in total. The number of aliphatic hydroxyl groups excluding tert-OH is 2. The molecule has 1 aliphatic heterocycles. The van der Waals surface area contributed by atoms with Gasteiger partial charge in [0, 0.05) is 25.0 Å². The summed E-state index contributed by atoms with van der Waals surface area (Å²) in [5, 5.41) is 21.9. The first-order valence-corrected chi connectivity index (χ1v) is 16.0. The van der Waals surface area contributed by atoms with Crippen LogP contribution >= 0.6 is 0 Å². The van der Waals surface area contributed by atoms with Crippen molar-refractivity contribution in [2.45, 2.75) is 120 Å². The van der Waals surface area contributed by atoms with E-state index in [-0.39, 0.29) is 5.92 Å². The molecule has 0 radical (unpaired) electrons. The molecule has 2 aliphatic rings. The van der Waals surface area contributed by atoms with E-state index in [1.54, 1.807) is 6.92 Å². The van der Waals surface area contributed by atoms with Gasteiger partial charge in [0.05, 0.1) is 17.9 Å². The summed E-state index contributed by atoms with van der Waals surface area (Å²) in [5.41, 5.74) is 5.26. The van der Waals surface area contributed by atoms with Crippen LogP contribution in [-0.4, -0.2) is 35.6 Å². The zero-order valence-electron chi connectivity index (χ0n) is 29.1. The van der Waals surface area contributed by atoms with E-state index in [4.69, 9.17) is 4.74 Å². The van der Waals surface area contributed by atoms with E-state index in [9.17, 15) is 19.0 Å². The number of benzene rings is 1. The zero-order chi connectivity index (χ0) is 33.7. The van der Waals surface area contributed by atoms with E-state index in [1.165, 1.54) is 23.6 Å². The summed E-state index contributed by atoms with van der Waals surface area (Å²) >= 11 is 0. The lowest BCUT2D eigenvalue weighted by Gasteiger charge is -2.35. The third-order valence-electron chi connectivity index (χ3n) is 7.41. The summed E-state index contributed by atoms with van der Waals surface area (Å²) in [4.78, 5) is 0. The first-order chi connectivity index (χ1) is 20.1. The predicted molar refractivity (Wildman–Crippen MR) is 182 cm³/mol. The first kappa shape index (κ1) is 42.9. The second-order valence-corrected chi connectivity index (χ2v) is 11.7. The monoisotopic (exact) mass is 607 g/mol. The van der Waals surface area contributed by atoms with Crippen molar-refractivity contribution in [2.24, 2.45) is 17.8 Å². The minimum atomic E-state index is -0.586. The molecule has 1 aromatic rings. The number of rotatable bonds is 6. The van der Waals surface area contributed by atoms with Crippen LogP contribution in [0.25, 0.3) is 0 Å². The van der Waals surface area contributed by atoms with Crippen LogP contribution in [0.1, 0.15) is 107 Å². The fraction of sp³-hybridized carbons (Fsp3) is 0.622. The van der Waals surface area contributed by atoms with Gasteiger partial charge in [-0.2, -0.15) is 0 Å². The minimum Gasteiger partial charge on any atom is -0.390 e. The number of nitrogens with one attached hydrogen (secondary N) is 1. The van der Waals surface area contributed by atoms with Crippen molar-refractivity contribution in [2.75, 3.05) is 18.5 Å². The van der Waals surface area contributed by atoms with E-state index in [0.29, 0.717) is 29.3 Å². The summed E-state index contributed by atoms with van der Waals surface area (Å²) in [6, 6.07) is 2.15. The Morgan fingerprint density at radius 2 is 1.58 bits per heavy atom. The third-order valence-corrected chi connectivity index (χ3v) is 7.41. The van der Waals surface area contributed by atoms with Crippen molar-refractivity contribution in [1.29, 1.82) is 0 Å². The third kappa shape index (κ3) is 18.9. The van der Waals surface area contributed by atoms with Crippen molar-refractivity contribution in [3.8, 4) is 0 Å². The molecule has 2 fully saturated rings. The van der Waals surface area contributed by atoms with Crippen LogP contribution in [-0.2, 0) is 4.74 Å². The highest BCUT2D eigenvalue weighted by atomic mass is 19.1. The number of anilines is 1. The van der Waals surface area contributed by atoms with Gasteiger partial charge in [-0.05, 0) is 95.3 Å². The number of aryl methyl sites for hydroxylation is 1. The topological polar surface area (TPSA) is 61.7 Å². The molecule has 0 aromatic heterocycles. The van der Waals surface area contributed by atoms with E-state index >= 15 is 0 Å². The predicted octanol–water partition coefficient (Wildman–Crippen LogP) is 10.3. The van der Waals surface area contributed by atoms with Crippen LogP contribution in [0.5, 0.6) is 0 Å². The standard InChI is InChI=1S/C11H13F2N.C10H16.C9H18O2.C5H10O.C2H6/c1-4-8(3)14-11-7(2)5-9(12)6-10(11)13;1-8(2)6-7-10(5)9(3)4;1-3-7-5-4-6(2)8(10)9(7)11;1-5-2-3-6-4-5;1-2/h5-6,14H,3-4H2,1-2H3;6-7H,3H2,1-2,4-5H3;6-11H,3-5H2,1-2H3;5H,2-4H2,1H3;1-2H3/b;10-7-;;;. The molecule has 1 aromatic carbocycles. The Labute approximate surface area is 263 Å². The number of ether oxygens (including phenoxy) is 1. The first-order valence-electron chi connectivity index (χ1n) is 16.0. The molecule has 1 saturated carbocycles. The van der Waals surface area contributed by atoms with Gasteiger partial charge in [0.25, 0.3) is 0 Å². The normalized spacial score (nSPS) is 22.5. The molecule has 1 heterocycles. The van der Waals surface area contributed by atoms with Gasteiger partial charge in [-0.1, -0.05) is 84.4 Å². The second-order valence-electron chi connectivity index (χ2n) is 11.7. The summed E-state index contributed by atoms with van der Waals surface area (Å²) < 4.78 is 31.1. The van der Waals surface area contributed by atoms with Crippen LogP contribution in [0.2, 0.25) is 0 Å². The van der Waals surface area contributed by atoms with Crippen LogP contribution in [0.4, 0.5) is 14.5 Å². The lowest BCUT2D eigenvalue weighted by Crippen LogP contribution is -2.42. The number of halogens is 2. The van der Waals surface area contributed by atoms with E-state index in [1.807, 2.05) is 34.6 Å². The molecule has 3 rings (SSSR count). The smallest absolute Gasteiger partial charge is 0.149 e. The van der Waals surface area contributed by atoms with Crippen LogP contribution < -0.4 is 5.32 Å². The maximum absolute atomic E-state index is 13.3. The van der Waals surface area contributed by atoms with Crippen molar-refractivity contribution >= 4 is 5.69 Å². The fourth-order valence-electron chi connectivity index (χ4n) is 4.09. The van der Waals surface area contributed by atoms with E-state index in [2.05, 4.69) is 65.2 Å². The fourth-order valence-corrected chi connectivity index (χ4v) is 4.09. The van der Waals surface area contributed by atoms with Gasteiger partial charge in [0.2, 0.25) is 0 Å². The summed E-state index contributed by atoms with van der Waals surface area (Å²) in [5.74, 6) is 0.267. The van der Waals surface area contributed by atoms with Crippen molar-refractivity contribution in [3.05, 3.63) is 77.1 Å². The second kappa shape index (κ2) is 24.1. The molecule has 6 heteroatoms. The van der Waals surface area contributed by atoms with Gasteiger partial charge in [-0.25, -0.2) is 8.78 Å². The molecular weight excluding hydrogens is 544 g/mol. The van der Waals surface area contributed by atoms with Crippen molar-refractivity contribution in [3.63, 3.8) is 0 Å². The molecule has 5 atom stereocenters. The number of allylic oxidation sites excluding steroid dienone is 6. The molecule has 5 unspecified atom stereocenters. The van der Waals surface area contributed by atoms with Gasteiger partial charge >= 0.3 is 0 Å². The minimum absolute atomic E-state index is 0.271. The summed E-state index contributed by atoms with van der Waals surface area (Å²) in [6.45, 7) is 31.6. The van der Waals surface area contributed by atoms with E-state index < -0.39 is 23.8 Å². The highest BCUT2D eigenvalue weighted by Crippen LogP contribution is 2.30. The van der Waals surface area contributed by atoms with Gasteiger partial charge < -0.3 is 20.3 Å². The SMILES string of the molecule is C=C(C)/C(C)=C\C=C(C)C.C=C(CC)Nc1c(C)cc(F)cc1F.CC.CC1CCOC1.CCC1CCC(C)C(O)C1O. The van der Waals surface area contributed by atoms with Crippen molar-refractivity contribution < 1.29 is 23.7 Å².